The SMILES string of the molecule is Cc1occc1-c1nnc(SC(C)C(=O)Nc2cccc(Br)c2)n1N. The Hall–Kier alpha value is -2.26. The highest BCUT2D eigenvalue weighted by Crippen LogP contribution is 2.27. The van der Waals surface area contributed by atoms with E-state index in [2.05, 4.69) is 31.4 Å². The third-order valence-corrected chi connectivity index (χ3v) is 5.06. The van der Waals surface area contributed by atoms with Crippen molar-refractivity contribution < 1.29 is 9.21 Å². The summed E-state index contributed by atoms with van der Waals surface area (Å²) in [6.45, 7) is 3.61. The summed E-state index contributed by atoms with van der Waals surface area (Å²) in [6, 6.07) is 9.18. The minimum absolute atomic E-state index is 0.146. The van der Waals surface area contributed by atoms with Crippen LogP contribution in [0.3, 0.4) is 0 Å². The van der Waals surface area contributed by atoms with E-state index in [1.54, 1.807) is 19.3 Å². The van der Waals surface area contributed by atoms with Gasteiger partial charge in [-0.15, -0.1) is 10.2 Å². The van der Waals surface area contributed by atoms with Crippen LogP contribution in [0.2, 0.25) is 0 Å². The number of halogens is 1. The maximum Gasteiger partial charge on any atom is 0.237 e. The van der Waals surface area contributed by atoms with Gasteiger partial charge in [-0.2, -0.15) is 0 Å². The molecule has 1 aromatic carbocycles. The van der Waals surface area contributed by atoms with Gasteiger partial charge in [-0.05, 0) is 38.1 Å². The Kier molecular flexibility index (Phi) is 5.14. The number of hydrogen-bond donors (Lipinski definition) is 2. The molecule has 0 bridgehead atoms. The topological polar surface area (TPSA) is 99.0 Å². The van der Waals surface area contributed by atoms with Crippen molar-refractivity contribution in [3.05, 3.63) is 46.8 Å². The van der Waals surface area contributed by atoms with Crippen LogP contribution >= 0.6 is 27.7 Å². The molecular formula is C16H16BrN5O2S. The molecule has 0 spiro atoms. The Balaban J connectivity index is 1.71. The van der Waals surface area contributed by atoms with Crippen LogP contribution in [0.25, 0.3) is 11.4 Å². The maximum atomic E-state index is 12.4. The molecule has 2 aromatic heterocycles. The predicted molar refractivity (Wildman–Crippen MR) is 101 cm³/mol. The van der Waals surface area contributed by atoms with Gasteiger partial charge in [0.05, 0.1) is 17.1 Å². The van der Waals surface area contributed by atoms with E-state index in [9.17, 15) is 4.79 Å². The molecule has 0 fully saturated rings. The molecule has 9 heteroatoms. The van der Waals surface area contributed by atoms with Gasteiger partial charge in [0, 0.05) is 10.2 Å². The molecule has 0 saturated heterocycles. The van der Waals surface area contributed by atoms with Crippen LogP contribution < -0.4 is 11.2 Å². The highest BCUT2D eigenvalue weighted by Gasteiger charge is 2.21. The normalized spacial score (nSPS) is 12.1. The number of rotatable bonds is 5. The summed E-state index contributed by atoms with van der Waals surface area (Å²) in [7, 11) is 0. The van der Waals surface area contributed by atoms with Crippen molar-refractivity contribution in [3.8, 4) is 11.4 Å². The zero-order chi connectivity index (χ0) is 18.0. The van der Waals surface area contributed by atoms with E-state index in [-0.39, 0.29) is 5.91 Å². The fourth-order valence-electron chi connectivity index (χ4n) is 2.18. The molecular weight excluding hydrogens is 406 g/mol. The molecule has 0 saturated carbocycles. The van der Waals surface area contributed by atoms with Crippen LogP contribution in [0.5, 0.6) is 0 Å². The number of nitrogens with two attached hydrogens (primary N) is 1. The van der Waals surface area contributed by atoms with Gasteiger partial charge in [0.1, 0.15) is 5.76 Å². The van der Waals surface area contributed by atoms with E-state index >= 15 is 0 Å². The molecule has 2 heterocycles. The highest BCUT2D eigenvalue weighted by molar-refractivity contribution is 9.10. The number of nitrogens with zero attached hydrogens (tertiary/aromatic N) is 3. The number of hydrogen-bond acceptors (Lipinski definition) is 6. The van der Waals surface area contributed by atoms with Crippen molar-refractivity contribution in [2.45, 2.75) is 24.3 Å². The molecule has 3 aromatic rings. The summed E-state index contributed by atoms with van der Waals surface area (Å²) in [4.78, 5) is 12.4. The number of furan rings is 1. The zero-order valence-electron chi connectivity index (χ0n) is 13.6. The fourth-order valence-corrected chi connectivity index (χ4v) is 3.35. The highest BCUT2D eigenvalue weighted by atomic mass is 79.9. The number of nitrogen functional groups attached to an aromatic ring is 1. The van der Waals surface area contributed by atoms with Gasteiger partial charge < -0.3 is 15.6 Å². The molecule has 25 heavy (non-hydrogen) atoms. The summed E-state index contributed by atoms with van der Waals surface area (Å²) < 4.78 is 7.53. The van der Waals surface area contributed by atoms with Crippen LogP contribution in [0, 0.1) is 6.92 Å². The van der Waals surface area contributed by atoms with E-state index in [1.807, 2.05) is 31.2 Å². The molecule has 0 radical (unpaired) electrons. The number of aryl methyl sites for hydroxylation is 1. The van der Waals surface area contributed by atoms with E-state index < -0.39 is 5.25 Å². The third-order valence-electron chi connectivity index (χ3n) is 3.51. The van der Waals surface area contributed by atoms with Crippen molar-refractivity contribution in [2.24, 2.45) is 0 Å². The first-order valence-corrected chi connectivity index (χ1v) is 9.11. The molecule has 0 aliphatic carbocycles. The number of carbonyl (C=O) groups excluding carboxylic acids is 1. The lowest BCUT2D eigenvalue weighted by atomic mass is 10.2. The molecule has 7 nitrogen and oxygen atoms in total. The largest absolute Gasteiger partial charge is 0.469 e. The first-order chi connectivity index (χ1) is 12.0. The lowest BCUT2D eigenvalue weighted by Crippen LogP contribution is -2.23. The molecule has 0 aliphatic heterocycles. The second-order valence-corrected chi connectivity index (χ2v) is 7.55. The molecule has 1 unspecified atom stereocenters. The molecule has 1 amide bonds. The summed E-state index contributed by atoms with van der Waals surface area (Å²) >= 11 is 4.61. The van der Waals surface area contributed by atoms with Crippen LogP contribution in [-0.4, -0.2) is 26.0 Å². The molecule has 3 N–H and O–H groups in total. The lowest BCUT2D eigenvalue weighted by molar-refractivity contribution is -0.115. The van der Waals surface area contributed by atoms with Crippen LogP contribution in [0.4, 0.5) is 5.69 Å². The van der Waals surface area contributed by atoms with Gasteiger partial charge in [0.2, 0.25) is 11.1 Å². The Morgan fingerprint density at radius 2 is 2.20 bits per heavy atom. The van der Waals surface area contributed by atoms with Crippen molar-refractivity contribution in [2.75, 3.05) is 11.2 Å². The van der Waals surface area contributed by atoms with Gasteiger partial charge in [0.25, 0.3) is 0 Å². The van der Waals surface area contributed by atoms with Crippen molar-refractivity contribution in [3.63, 3.8) is 0 Å². The standard InChI is InChI=1S/C16H16BrN5O2S/c1-9-13(6-7-24-9)14-20-21-16(22(14)18)25-10(2)15(23)19-12-5-3-4-11(17)8-12/h3-8,10H,18H2,1-2H3,(H,19,23). The average molecular weight is 422 g/mol. The van der Waals surface area contributed by atoms with Crippen molar-refractivity contribution in [1.29, 1.82) is 0 Å². The molecule has 1 atom stereocenters. The molecule has 3 rings (SSSR count). The quantitative estimate of drug-likeness (QED) is 0.483. The van der Waals surface area contributed by atoms with E-state index in [0.29, 0.717) is 16.7 Å². The number of thioether (sulfide) groups is 1. The summed E-state index contributed by atoms with van der Waals surface area (Å²) in [5.74, 6) is 7.13. The van der Waals surface area contributed by atoms with Crippen LogP contribution in [-0.2, 0) is 4.79 Å². The van der Waals surface area contributed by atoms with Gasteiger partial charge in [-0.1, -0.05) is 33.8 Å². The maximum absolute atomic E-state index is 12.4. The Morgan fingerprint density at radius 1 is 1.40 bits per heavy atom. The minimum atomic E-state index is -0.399. The van der Waals surface area contributed by atoms with Gasteiger partial charge in [-0.3, -0.25) is 4.79 Å². The number of anilines is 1. The fraction of sp³-hybridized carbons (Fsp3) is 0.188. The number of carbonyl (C=O) groups is 1. The van der Waals surface area contributed by atoms with Crippen LogP contribution in [0.1, 0.15) is 12.7 Å². The van der Waals surface area contributed by atoms with Crippen molar-refractivity contribution in [1.82, 2.24) is 14.9 Å². The summed E-state index contributed by atoms with van der Waals surface area (Å²) in [6.07, 6.45) is 1.57. The van der Waals surface area contributed by atoms with E-state index in [0.717, 1.165) is 15.7 Å². The van der Waals surface area contributed by atoms with Crippen molar-refractivity contribution >= 4 is 39.3 Å². The molecule has 130 valence electrons. The van der Waals surface area contributed by atoms with Gasteiger partial charge >= 0.3 is 0 Å². The number of amides is 1. The summed E-state index contributed by atoms with van der Waals surface area (Å²) in [5, 5.41) is 11.1. The van der Waals surface area contributed by atoms with E-state index in [4.69, 9.17) is 10.3 Å². The minimum Gasteiger partial charge on any atom is -0.469 e. The first-order valence-electron chi connectivity index (χ1n) is 7.43. The Labute approximate surface area is 157 Å². The lowest BCUT2D eigenvalue weighted by Gasteiger charge is -2.11. The third kappa shape index (κ3) is 3.88. The van der Waals surface area contributed by atoms with E-state index in [1.165, 1.54) is 16.4 Å². The monoisotopic (exact) mass is 421 g/mol. The predicted octanol–water partition coefficient (Wildman–Crippen LogP) is 3.44. The number of aromatic nitrogens is 3. The Bertz CT molecular complexity index is 908. The first kappa shape index (κ1) is 17.6. The molecule has 0 aliphatic rings. The van der Waals surface area contributed by atoms with Crippen LogP contribution in [0.15, 0.2) is 50.6 Å². The second-order valence-electron chi connectivity index (χ2n) is 5.33. The summed E-state index contributed by atoms with van der Waals surface area (Å²) in [5.41, 5.74) is 1.49. The van der Waals surface area contributed by atoms with Gasteiger partial charge in [-0.25, -0.2) is 4.68 Å². The zero-order valence-corrected chi connectivity index (χ0v) is 16.0. The smallest absolute Gasteiger partial charge is 0.237 e. The van der Waals surface area contributed by atoms with Gasteiger partial charge in [0.15, 0.2) is 5.82 Å². The Morgan fingerprint density at radius 3 is 2.88 bits per heavy atom. The second kappa shape index (κ2) is 7.32. The number of nitrogens with one attached hydrogen (secondary N) is 1. The average Bonchev–Trinajstić information content (AvgIpc) is 3.13. The number of benzene rings is 1.